The van der Waals surface area contributed by atoms with Crippen molar-refractivity contribution in [2.45, 2.75) is 20.1 Å². The second-order valence-electron chi connectivity index (χ2n) is 6.17. The van der Waals surface area contributed by atoms with Gasteiger partial charge in [0.25, 0.3) is 5.91 Å². The molecule has 0 aliphatic carbocycles. The molecule has 144 valence electrons. The minimum Gasteiger partial charge on any atom is -0.494 e. The number of hydrogen-bond donors (Lipinski definition) is 1. The van der Waals surface area contributed by atoms with Crippen LogP contribution in [0.1, 0.15) is 28.4 Å². The molecule has 0 spiro atoms. The summed E-state index contributed by atoms with van der Waals surface area (Å²) in [5.74, 6) is 0.548. The van der Waals surface area contributed by atoms with Gasteiger partial charge in [0.15, 0.2) is 0 Å². The van der Waals surface area contributed by atoms with Gasteiger partial charge in [0, 0.05) is 15.6 Å². The van der Waals surface area contributed by atoms with Crippen LogP contribution < -0.4 is 10.1 Å². The van der Waals surface area contributed by atoms with E-state index >= 15 is 0 Å². The summed E-state index contributed by atoms with van der Waals surface area (Å²) in [6.07, 6.45) is 0. The fourth-order valence-corrected chi connectivity index (χ4v) is 3.12. The Kier molecular flexibility index (Phi) is 7.23. The highest BCUT2D eigenvalue weighted by Crippen LogP contribution is 2.25. The Morgan fingerprint density at radius 3 is 2.46 bits per heavy atom. The maximum atomic E-state index is 12.7. The van der Waals surface area contributed by atoms with Gasteiger partial charge in [0.1, 0.15) is 5.75 Å². The largest absolute Gasteiger partial charge is 0.494 e. The molecule has 5 heteroatoms. The number of nitrogens with one attached hydrogen (secondary N) is 1. The summed E-state index contributed by atoms with van der Waals surface area (Å²) in [7, 11) is 0. The van der Waals surface area contributed by atoms with Gasteiger partial charge in [0.05, 0.1) is 25.5 Å². The zero-order chi connectivity index (χ0) is 19.8. The van der Waals surface area contributed by atoms with Gasteiger partial charge < -0.3 is 14.8 Å². The third-order valence-corrected chi connectivity index (χ3v) is 4.81. The molecule has 0 aliphatic heterocycles. The van der Waals surface area contributed by atoms with Crippen molar-refractivity contribution in [3.63, 3.8) is 0 Å². The van der Waals surface area contributed by atoms with Crippen LogP contribution in [0.15, 0.2) is 77.3 Å². The molecular formula is C23H22BrNO3. The molecule has 0 aliphatic rings. The molecule has 3 aromatic rings. The lowest BCUT2D eigenvalue weighted by Gasteiger charge is -2.13. The van der Waals surface area contributed by atoms with Crippen LogP contribution >= 0.6 is 15.9 Å². The fraction of sp³-hybridized carbons (Fsp3) is 0.174. The Morgan fingerprint density at radius 2 is 1.71 bits per heavy atom. The van der Waals surface area contributed by atoms with Crippen LogP contribution in [0.3, 0.4) is 0 Å². The van der Waals surface area contributed by atoms with Gasteiger partial charge in [-0.15, -0.1) is 0 Å². The first-order valence-corrected chi connectivity index (χ1v) is 9.90. The van der Waals surface area contributed by atoms with E-state index in [4.69, 9.17) is 9.47 Å². The van der Waals surface area contributed by atoms with E-state index in [1.54, 1.807) is 6.07 Å². The van der Waals surface area contributed by atoms with Crippen molar-refractivity contribution in [1.82, 2.24) is 0 Å². The van der Waals surface area contributed by atoms with Gasteiger partial charge in [0.2, 0.25) is 0 Å². The van der Waals surface area contributed by atoms with Crippen molar-refractivity contribution in [3.8, 4) is 5.75 Å². The van der Waals surface area contributed by atoms with Gasteiger partial charge in [-0.1, -0.05) is 42.5 Å². The van der Waals surface area contributed by atoms with Crippen LogP contribution in [0.2, 0.25) is 0 Å². The lowest BCUT2D eigenvalue weighted by molar-refractivity contribution is 0.101. The number of benzene rings is 3. The number of halogens is 1. The first-order valence-electron chi connectivity index (χ1n) is 9.10. The van der Waals surface area contributed by atoms with Gasteiger partial charge in [-0.3, -0.25) is 4.79 Å². The molecule has 0 saturated heterocycles. The summed E-state index contributed by atoms with van der Waals surface area (Å²) in [4.78, 5) is 12.7. The molecule has 3 rings (SSSR count). The van der Waals surface area contributed by atoms with Crippen LogP contribution in [0.5, 0.6) is 5.75 Å². The zero-order valence-corrected chi connectivity index (χ0v) is 17.2. The number of rotatable bonds is 8. The number of hydrogen-bond acceptors (Lipinski definition) is 3. The summed E-state index contributed by atoms with van der Waals surface area (Å²) in [5, 5.41) is 2.92. The number of anilines is 1. The Morgan fingerprint density at radius 1 is 0.964 bits per heavy atom. The average Bonchev–Trinajstić information content (AvgIpc) is 2.72. The average molecular weight is 440 g/mol. The molecule has 0 radical (unpaired) electrons. The molecule has 0 atom stereocenters. The summed E-state index contributed by atoms with van der Waals surface area (Å²) < 4.78 is 12.4. The topological polar surface area (TPSA) is 47.6 Å². The zero-order valence-electron chi connectivity index (χ0n) is 15.7. The van der Waals surface area contributed by atoms with E-state index in [0.717, 1.165) is 27.0 Å². The molecule has 28 heavy (non-hydrogen) atoms. The van der Waals surface area contributed by atoms with Crippen LogP contribution in [0, 0.1) is 0 Å². The molecular weight excluding hydrogens is 418 g/mol. The Hall–Kier alpha value is -2.63. The molecule has 0 unspecified atom stereocenters. The number of amides is 1. The number of carbonyl (C=O) groups excluding carboxylic acids is 1. The van der Waals surface area contributed by atoms with Crippen LogP contribution in [0.4, 0.5) is 5.69 Å². The number of carbonyl (C=O) groups is 1. The third kappa shape index (κ3) is 5.44. The lowest BCUT2D eigenvalue weighted by atomic mass is 10.1. The maximum Gasteiger partial charge on any atom is 0.255 e. The van der Waals surface area contributed by atoms with Crippen molar-refractivity contribution < 1.29 is 14.3 Å². The van der Waals surface area contributed by atoms with E-state index in [0.29, 0.717) is 25.4 Å². The first kappa shape index (κ1) is 20.1. The Bertz CT molecular complexity index is 928. The normalized spacial score (nSPS) is 10.5. The van der Waals surface area contributed by atoms with Gasteiger partial charge in [-0.2, -0.15) is 0 Å². The predicted molar refractivity (Wildman–Crippen MR) is 115 cm³/mol. The monoisotopic (exact) mass is 439 g/mol. The van der Waals surface area contributed by atoms with E-state index in [1.807, 2.05) is 73.7 Å². The quantitative estimate of drug-likeness (QED) is 0.481. The molecule has 0 fully saturated rings. The maximum absolute atomic E-state index is 12.7. The lowest BCUT2D eigenvalue weighted by Crippen LogP contribution is -2.13. The summed E-state index contributed by atoms with van der Waals surface area (Å²) in [5.41, 5.74) is 3.22. The SMILES string of the molecule is CCOc1ccc(C(=O)Nc2ccccc2Br)cc1COCc1ccccc1. The fourth-order valence-electron chi connectivity index (χ4n) is 2.74. The molecule has 0 saturated carbocycles. The second kappa shape index (κ2) is 10.1. The van der Waals surface area contributed by atoms with E-state index in [1.165, 1.54) is 0 Å². The third-order valence-electron chi connectivity index (χ3n) is 4.11. The van der Waals surface area contributed by atoms with Gasteiger partial charge in [-0.25, -0.2) is 0 Å². The standard InChI is InChI=1S/C23H22BrNO3/c1-2-28-22-13-12-18(23(26)25-21-11-7-6-10-20(21)24)14-19(22)16-27-15-17-8-4-3-5-9-17/h3-14H,2,15-16H2,1H3,(H,25,26). The van der Waals surface area contributed by atoms with Gasteiger partial charge >= 0.3 is 0 Å². The first-order chi connectivity index (χ1) is 13.7. The highest BCUT2D eigenvalue weighted by Gasteiger charge is 2.12. The van der Waals surface area contributed by atoms with E-state index in [-0.39, 0.29) is 5.91 Å². The van der Waals surface area contributed by atoms with Crippen molar-refractivity contribution in [2.24, 2.45) is 0 Å². The van der Waals surface area contributed by atoms with Gasteiger partial charge in [-0.05, 0) is 58.7 Å². The van der Waals surface area contributed by atoms with Crippen LogP contribution in [-0.2, 0) is 18.0 Å². The predicted octanol–water partition coefficient (Wildman–Crippen LogP) is 5.82. The summed E-state index contributed by atoms with van der Waals surface area (Å²) in [6, 6.07) is 22.9. The van der Waals surface area contributed by atoms with Crippen LogP contribution in [0.25, 0.3) is 0 Å². The molecule has 1 amide bonds. The second-order valence-corrected chi connectivity index (χ2v) is 7.02. The molecule has 0 bridgehead atoms. The smallest absolute Gasteiger partial charge is 0.255 e. The van der Waals surface area contributed by atoms with Crippen molar-refractivity contribution in [1.29, 1.82) is 0 Å². The molecule has 0 aromatic heterocycles. The highest BCUT2D eigenvalue weighted by molar-refractivity contribution is 9.10. The molecule has 4 nitrogen and oxygen atoms in total. The molecule has 3 aromatic carbocycles. The number of ether oxygens (including phenoxy) is 2. The molecule has 1 N–H and O–H groups in total. The Labute approximate surface area is 173 Å². The van der Waals surface area contributed by atoms with Crippen molar-refractivity contribution in [2.75, 3.05) is 11.9 Å². The summed E-state index contributed by atoms with van der Waals surface area (Å²) in [6.45, 7) is 3.34. The van der Waals surface area contributed by atoms with Crippen LogP contribution in [-0.4, -0.2) is 12.5 Å². The molecule has 0 heterocycles. The minimum atomic E-state index is -0.181. The van der Waals surface area contributed by atoms with E-state index in [2.05, 4.69) is 21.2 Å². The van der Waals surface area contributed by atoms with Crippen molar-refractivity contribution in [3.05, 3.63) is 94.0 Å². The Balaban J connectivity index is 1.72. The van der Waals surface area contributed by atoms with E-state index in [9.17, 15) is 4.79 Å². The van der Waals surface area contributed by atoms with Crippen molar-refractivity contribution >= 4 is 27.5 Å². The number of para-hydroxylation sites is 1. The minimum absolute atomic E-state index is 0.181. The summed E-state index contributed by atoms with van der Waals surface area (Å²) >= 11 is 3.45. The van der Waals surface area contributed by atoms with E-state index < -0.39 is 0 Å². The highest BCUT2D eigenvalue weighted by atomic mass is 79.9.